The van der Waals surface area contributed by atoms with Crippen LogP contribution in [0, 0.1) is 0 Å². The van der Waals surface area contributed by atoms with Crippen LogP contribution >= 0.6 is 11.8 Å². The summed E-state index contributed by atoms with van der Waals surface area (Å²) < 4.78 is 0.308. The first-order valence-electron chi connectivity index (χ1n) is 2.81. The lowest BCUT2D eigenvalue weighted by Gasteiger charge is -2.15. The van der Waals surface area contributed by atoms with Crippen LogP contribution in [-0.2, 0) is 0 Å². The lowest BCUT2D eigenvalue weighted by Crippen LogP contribution is -2.09. The maximum atomic E-state index is 8.41. The van der Waals surface area contributed by atoms with Gasteiger partial charge in [0.25, 0.3) is 0 Å². The predicted octanol–water partition coefficient (Wildman–Crippen LogP) is 1.51. The molecule has 0 radical (unpaired) electrons. The minimum Gasteiger partial charge on any atom is -0.396 e. The van der Waals surface area contributed by atoms with E-state index in [1.54, 1.807) is 11.8 Å². The standard InChI is InChI=1S/C6H14OS/c1-6(2,3)8-5-4-7/h7H,4-5H2,1-3H3. The number of rotatable bonds is 2. The number of thioether (sulfide) groups is 1. The van der Waals surface area contributed by atoms with Gasteiger partial charge in [0.15, 0.2) is 0 Å². The van der Waals surface area contributed by atoms with E-state index in [0.29, 0.717) is 11.4 Å². The van der Waals surface area contributed by atoms with E-state index in [9.17, 15) is 0 Å². The summed E-state index contributed by atoms with van der Waals surface area (Å²) in [6.07, 6.45) is 0. The Kier molecular flexibility index (Phi) is 3.49. The lowest BCUT2D eigenvalue weighted by molar-refractivity contribution is 0.322. The molecule has 0 aromatic rings. The Labute approximate surface area is 55.5 Å². The highest BCUT2D eigenvalue weighted by atomic mass is 32.2. The summed E-state index contributed by atoms with van der Waals surface area (Å²) in [7, 11) is 0. The molecule has 0 atom stereocenters. The fourth-order valence-corrected chi connectivity index (χ4v) is 1.06. The van der Waals surface area contributed by atoms with Gasteiger partial charge in [0, 0.05) is 10.5 Å². The summed E-state index contributed by atoms with van der Waals surface area (Å²) in [6.45, 7) is 6.73. The zero-order valence-electron chi connectivity index (χ0n) is 5.77. The largest absolute Gasteiger partial charge is 0.396 e. The maximum Gasteiger partial charge on any atom is 0.0521 e. The first-order valence-corrected chi connectivity index (χ1v) is 3.79. The first-order chi connectivity index (χ1) is 3.56. The topological polar surface area (TPSA) is 20.2 Å². The summed E-state index contributed by atoms with van der Waals surface area (Å²) in [4.78, 5) is 0. The van der Waals surface area contributed by atoms with Crippen molar-refractivity contribution in [2.24, 2.45) is 0 Å². The summed E-state index contributed by atoms with van der Waals surface area (Å²) in [6, 6.07) is 0. The van der Waals surface area contributed by atoms with Gasteiger partial charge in [-0.15, -0.1) is 0 Å². The monoisotopic (exact) mass is 134 g/mol. The van der Waals surface area contributed by atoms with Gasteiger partial charge in [0.1, 0.15) is 0 Å². The highest BCUT2D eigenvalue weighted by Gasteiger charge is 2.08. The van der Waals surface area contributed by atoms with Crippen molar-refractivity contribution in [2.75, 3.05) is 12.4 Å². The normalized spacial score (nSPS) is 12.0. The van der Waals surface area contributed by atoms with E-state index < -0.39 is 0 Å². The average Bonchev–Trinajstić information content (AvgIpc) is 1.59. The van der Waals surface area contributed by atoms with Crippen molar-refractivity contribution >= 4 is 11.8 Å². The van der Waals surface area contributed by atoms with Gasteiger partial charge in [-0.25, -0.2) is 0 Å². The molecule has 0 saturated carbocycles. The van der Waals surface area contributed by atoms with Crippen LogP contribution in [0.25, 0.3) is 0 Å². The molecule has 0 unspecified atom stereocenters. The molecular formula is C6H14OS. The highest BCUT2D eigenvalue weighted by Crippen LogP contribution is 2.21. The molecule has 0 saturated heterocycles. The van der Waals surface area contributed by atoms with Gasteiger partial charge >= 0.3 is 0 Å². The SMILES string of the molecule is CC(C)(C)SCCO. The van der Waals surface area contributed by atoms with Crippen LogP contribution in [0.5, 0.6) is 0 Å². The molecule has 1 nitrogen and oxygen atoms in total. The van der Waals surface area contributed by atoms with E-state index in [2.05, 4.69) is 20.8 Å². The molecule has 0 bridgehead atoms. The molecule has 0 fully saturated rings. The Morgan fingerprint density at radius 1 is 1.38 bits per heavy atom. The fraction of sp³-hybridized carbons (Fsp3) is 1.00. The number of aliphatic hydroxyl groups excluding tert-OH is 1. The van der Waals surface area contributed by atoms with Crippen molar-refractivity contribution in [3.63, 3.8) is 0 Å². The Balaban J connectivity index is 3.11. The van der Waals surface area contributed by atoms with Crippen LogP contribution in [0.15, 0.2) is 0 Å². The molecule has 2 heteroatoms. The van der Waals surface area contributed by atoms with Crippen LogP contribution in [0.3, 0.4) is 0 Å². The summed E-state index contributed by atoms with van der Waals surface area (Å²) >= 11 is 1.78. The van der Waals surface area contributed by atoms with Crippen LogP contribution in [0.1, 0.15) is 20.8 Å². The molecule has 1 N–H and O–H groups in total. The molecule has 0 rings (SSSR count). The molecule has 0 aliphatic rings. The van der Waals surface area contributed by atoms with Crippen molar-refractivity contribution in [2.45, 2.75) is 25.5 Å². The van der Waals surface area contributed by atoms with Crippen molar-refractivity contribution in [1.82, 2.24) is 0 Å². The quantitative estimate of drug-likeness (QED) is 0.617. The van der Waals surface area contributed by atoms with Crippen LogP contribution < -0.4 is 0 Å². The van der Waals surface area contributed by atoms with E-state index in [-0.39, 0.29) is 0 Å². The van der Waals surface area contributed by atoms with Gasteiger partial charge in [-0.3, -0.25) is 0 Å². The minimum absolute atomic E-state index is 0.294. The van der Waals surface area contributed by atoms with Crippen LogP contribution in [-0.4, -0.2) is 22.2 Å². The van der Waals surface area contributed by atoms with E-state index in [0.717, 1.165) is 5.75 Å². The molecule has 50 valence electrons. The Bertz CT molecular complexity index is 56.0. The van der Waals surface area contributed by atoms with E-state index in [1.807, 2.05) is 0 Å². The van der Waals surface area contributed by atoms with Crippen LogP contribution in [0.4, 0.5) is 0 Å². The Hall–Kier alpha value is 0.310. The summed E-state index contributed by atoms with van der Waals surface area (Å²) in [5.74, 6) is 0.851. The highest BCUT2D eigenvalue weighted by molar-refractivity contribution is 8.00. The third kappa shape index (κ3) is 6.31. The Morgan fingerprint density at radius 3 is 2.00 bits per heavy atom. The molecule has 0 aromatic carbocycles. The van der Waals surface area contributed by atoms with Gasteiger partial charge < -0.3 is 5.11 Å². The van der Waals surface area contributed by atoms with Gasteiger partial charge in [-0.2, -0.15) is 11.8 Å². The molecular weight excluding hydrogens is 120 g/mol. The maximum absolute atomic E-state index is 8.41. The third-order valence-electron chi connectivity index (χ3n) is 0.626. The van der Waals surface area contributed by atoms with E-state index in [4.69, 9.17) is 5.11 Å². The number of hydrogen-bond donors (Lipinski definition) is 1. The fourth-order valence-electron chi connectivity index (χ4n) is 0.352. The van der Waals surface area contributed by atoms with E-state index in [1.165, 1.54) is 0 Å². The van der Waals surface area contributed by atoms with Gasteiger partial charge in [0.2, 0.25) is 0 Å². The second kappa shape index (κ2) is 3.36. The molecule has 0 aliphatic heterocycles. The number of hydrogen-bond acceptors (Lipinski definition) is 2. The summed E-state index contributed by atoms with van der Waals surface area (Å²) in [5.41, 5.74) is 0. The minimum atomic E-state index is 0.294. The molecule has 0 amide bonds. The number of aliphatic hydroxyl groups is 1. The van der Waals surface area contributed by atoms with Gasteiger partial charge in [-0.1, -0.05) is 20.8 Å². The molecule has 0 aliphatic carbocycles. The zero-order valence-corrected chi connectivity index (χ0v) is 6.59. The second-order valence-corrected chi connectivity index (χ2v) is 4.61. The smallest absolute Gasteiger partial charge is 0.0521 e. The molecule has 0 spiro atoms. The summed E-state index contributed by atoms with van der Waals surface area (Å²) in [5, 5.41) is 8.41. The van der Waals surface area contributed by atoms with Crippen LogP contribution in [0.2, 0.25) is 0 Å². The molecule has 0 heterocycles. The first kappa shape index (κ1) is 8.31. The van der Waals surface area contributed by atoms with Crippen molar-refractivity contribution < 1.29 is 5.11 Å². The molecule has 0 aromatic heterocycles. The van der Waals surface area contributed by atoms with Crippen molar-refractivity contribution in [3.05, 3.63) is 0 Å². The predicted molar refractivity (Wildman–Crippen MR) is 39.3 cm³/mol. The van der Waals surface area contributed by atoms with Crippen molar-refractivity contribution in [1.29, 1.82) is 0 Å². The van der Waals surface area contributed by atoms with Gasteiger partial charge in [0.05, 0.1) is 6.61 Å². The van der Waals surface area contributed by atoms with Crippen molar-refractivity contribution in [3.8, 4) is 0 Å². The van der Waals surface area contributed by atoms with Gasteiger partial charge in [-0.05, 0) is 0 Å². The molecule has 8 heavy (non-hydrogen) atoms. The second-order valence-electron chi connectivity index (χ2n) is 2.68. The average molecular weight is 134 g/mol. The van der Waals surface area contributed by atoms with E-state index >= 15 is 0 Å². The Morgan fingerprint density at radius 2 is 1.88 bits per heavy atom. The zero-order chi connectivity index (χ0) is 6.62. The lowest BCUT2D eigenvalue weighted by atomic mass is 10.3. The third-order valence-corrected chi connectivity index (χ3v) is 1.88.